The molecule has 0 unspecified atom stereocenters. The summed E-state index contributed by atoms with van der Waals surface area (Å²) < 4.78 is 1.38. The molecule has 2 heterocycles. The van der Waals surface area contributed by atoms with Crippen LogP contribution < -0.4 is 0 Å². The molecule has 0 fully saturated rings. The fourth-order valence-electron chi connectivity index (χ4n) is 1.81. The Bertz CT molecular complexity index is 723. The molecule has 88 valence electrons. The molecule has 0 atom stereocenters. The van der Waals surface area contributed by atoms with Crippen molar-refractivity contribution in [2.45, 2.75) is 0 Å². The molecule has 0 saturated heterocycles. The van der Waals surface area contributed by atoms with Crippen molar-refractivity contribution in [1.29, 1.82) is 0 Å². The van der Waals surface area contributed by atoms with Crippen LogP contribution in [0, 0.1) is 10.1 Å². The molecule has 0 aliphatic heterocycles. The van der Waals surface area contributed by atoms with E-state index >= 15 is 0 Å². The molecular formula is C11H7N5O2. The van der Waals surface area contributed by atoms with Gasteiger partial charge in [-0.1, -0.05) is 18.2 Å². The molecule has 2 aromatic heterocycles. The van der Waals surface area contributed by atoms with Crippen molar-refractivity contribution in [3.63, 3.8) is 0 Å². The number of nitro groups is 1. The smallest absolute Gasteiger partial charge is 0.258 e. The highest BCUT2D eigenvalue weighted by Gasteiger charge is 2.19. The lowest BCUT2D eigenvalue weighted by atomic mass is 10.1. The summed E-state index contributed by atoms with van der Waals surface area (Å²) in [5.74, 6) is 0. The van der Waals surface area contributed by atoms with Gasteiger partial charge in [0, 0.05) is 5.39 Å². The number of nitrogens with zero attached hydrogens (tertiary/aromatic N) is 5. The number of fused-ring (bicyclic) bond motifs is 1. The summed E-state index contributed by atoms with van der Waals surface area (Å²) in [4.78, 5) is 18.5. The summed E-state index contributed by atoms with van der Waals surface area (Å²) in [6.07, 6.45) is 3.99. The van der Waals surface area contributed by atoms with Gasteiger partial charge < -0.3 is 0 Å². The Balaban J connectivity index is 2.43. The molecule has 0 bridgehead atoms. The maximum absolute atomic E-state index is 11.1. The molecule has 0 saturated carbocycles. The molecule has 3 aromatic rings. The minimum Gasteiger partial charge on any atom is -0.258 e. The van der Waals surface area contributed by atoms with Crippen LogP contribution in [0.25, 0.3) is 16.6 Å². The molecule has 7 nitrogen and oxygen atoms in total. The first-order valence-electron chi connectivity index (χ1n) is 5.14. The number of hydrogen-bond donors (Lipinski definition) is 0. The molecule has 3 rings (SSSR count). The van der Waals surface area contributed by atoms with E-state index in [-0.39, 0.29) is 5.69 Å². The Morgan fingerprint density at radius 1 is 1.28 bits per heavy atom. The lowest BCUT2D eigenvalue weighted by molar-refractivity contribution is -0.384. The third-order valence-corrected chi connectivity index (χ3v) is 2.57. The normalized spacial score (nSPS) is 10.7. The van der Waals surface area contributed by atoms with Crippen molar-refractivity contribution in [2.24, 2.45) is 0 Å². The van der Waals surface area contributed by atoms with Gasteiger partial charge in [0.15, 0.2) is 5.69 Å². The number of aromatic nitrogens is 4. The van der Waals surface area contributed by atoms with Crippen molar-refractivity contribution < 1.29 is 4.92 Å². The molecule has 0 spiro atoms. The first-order chi connectivity index (χ1) is 8.77. The van der Waals surface area contributed by atoms with E-state index < -0.39 is 4.92 Å². The lowest BCUT2D eigenvalue weighted by Gasteiger charge is -2.05. The minimum atomic E-state index is -0.476. The van der Waals surface area contributed by atoms with Crippen LogP contribution in [0.4, 0.5) is 5.69 Å². The van der Waals surface area contributed by atoms with Crippen LogP contribution in [-0.4, -0.2) is 24.7 Å². The van der Waals surface area contributed by atoms with Gasteiger partial charge in [-0.05, 0) is 6.07 Å². The molecule has 7 heteroatoms. The Kier molecular flexibility index (Phi) is 2.23. The van der Waals surface area contributed by atoms with E-state index in [2.05, 4.69) is 15.1 Å². The van der Waals surface area contributed by atoms with Crippen LogP contribution in [0.1, 0.15) is 0 Å². The first kappa shape index (κ1) is 10.3. The zero-order valence-electron chi connectivity index (χ0n) is 9.09. The first-order valence-corrected chi connectivity index (χ1v) is 5.14. The van der Waals surface area contributed by atoms with Crippen LogP contribution in [0.5, 0.6) is 0 Å². The predicted molar refractivity (Wildman–Crippen MR) is 63.3 cm³/mol. The predicted octanol–water partition coefficient (Wildman–Crippen LogP) is 1.72. The van der Waals surface area contributed by atoms with Gasteiger partial charge in [-0.15, -0.1) is 0 Å². The van der Waals surface area contributed by atoms with Gasteiger partial charge >= 0.3 is 5.69 Å². The molecule has 0 aliphatic carbocycles. The molecule has 1 aromatic carbocycles. The van der Waals surface area contributed by atoms with Crippen LogP contribution in [0.2, 0.25) is 0 Å². The monoisotopic (exact) mass is 241 g/mol. The number of rotatable bonds is 2. The second-order valence-electron chi connectivity index (χ2n) is 3.61. The fourth-order valence-corrected chi connectivity index (χ4v) is 1.81. The van der Waals surface area contributed by atoms with Crippen molar-refractivity contribution in [3.8, 4) is 5.69 Å². The Hall–Kier alpha value is -2.83. The topological polar surface area (TPSA) is 86.7 Å². The molecule has 18 heavy (non-hydrogen) atoms. The van der Waals surface area contributed by atoms with E-state index in [9.17, 15) is 10.1 Å². The van der Waals surface area contributed by atoms with E-state index in [1.807, 2.05) is 6.07 Å². The molecule has 0 radical (unpaired) electrons. The van der Waals surface area contributed by atoms with Gasteiger partial charge in [0.05, 0.1) is 10.4 Å². The summed E-state index contributed by atoms with van der Waals surface area (Å²) in [5, 5.41) is 15.7. The number of para-hydroxylation sites is 1. The Morgan fingerprint density at radius 2 is 2.11 bits per heavy atom. The zero-order valence-corrected chi connectivity index (χ0v) is 9.09. The quantitative estimate of drug-likeness (QED) is 0.503. The maximum Gasteiger partial charge on any atom is 0.313 e. The van der Waals surface area contributed by atoms with Gasteiger partial charge in [0.1, 0.15) is 18.9 Å². The van der Waals surface area contributed by atoms with Gasteiger partial charge in [-0.3, -0.25) is 10.1 Å². The third-order valence-electron chi connectivity index (χ3n) is 2.57. The van der Waals surface area contributed by atoms with E-state index in [0.29, 0.717) is 16.6 Å². The van der Waals surface area contributed by atoms with Gasteiger partial charge in [-0.2, -0.15) is 5.10 Å². The van der Waals surface area contributed by atoms with Gasteiger partial charge in [0.25, 0.3) is 0 Å². The number of benzene rings is 1. The summed E-state index contributed by atoms with van der Waals surface area (Å²) in [6, 6.07) is 7.19. The van der Waals surface area contributed by atoms with E-state index in [1.165, 1.54) is 23.5 Å². The van der Waals surface area contributed by atoms with E-state index in [0.717, 1.165) is 0 Å². The number of pyridine rings is 1. The van der Waals surface area contributed by atoms with Crippen LogP contribution in [0.15, 0.2) is 43.1 Å². The molecule has 0 N–H and O–H groups in total. The molecule has 0 aliphatic rings. The minimum absolute atomic E-state index is 0.0980. The standard InChI is InChI=1S/C11H7N5O2/c17-16(18)10-5-13-9-4-2-1-3-8(9)11(10)15-7-12-6-14-15/h1-7H. The Morgan fingerprint density at radius 3 is 2.83 bits per heavy atom. The number of hydrogen-bond acceptors (Lipinski definition) is 5. The van der Waals surface area contributed by atoms with Crippen LogP contribution >= 0.6 is 0 Å². The fraction of sp³-hybridized carbons (Fsp3) is 0. The average molecular weight is 241 g/mol. The maximum atomic E-state index is 11.1. The summed E-state index contributed by atoms with van der Waals surface area (Å²) in [5.41, 5.74) is 0.955. The van der Waals surface area contributed by atoms with Gasteiger partial charge in [0.2, 0.25) is 0 Å². The highest BCUT2D eigenvalue weighted by atomic mass is 16.6. The summed E-state index contributed by atoms with van der Waals surface area (Å²) >= 11 is 0. The Labute approximate surface area is 101 Å². The highest BCUT2D eigenvalue weighted by Crippen LogP contribution is 2.28. The average Bonchev–Trinajstić information content (AvgIpc) is 2.90. The summed E-state index contributed by atoms with van der Waals surface area (Å²) in [6.45, 7) is 0. The van der Waals surface area contributed by atoms with Crippen molar-refractivity contribution in [3.05, 3.63) is 53.2 Å². The third kappa shape index (κ3) is 1.49. The molecular weight excluding hydrogens is 234 g/mol. The van der Waals surface area contributed by atoms with Crippen LogP contribution in [0.3, 0.4) is 0 Å². The summed E-state index contributed by atoms with van der Waals surface area (Å²) in [7, 11) is 0. The largest absolute Gasteiger partial charge is 0.313 e. The lowest BCUT2D eigenvalue weighted by Crippen LogP contribution is -2.02. The van der Waals surface area contributed by atoms with Crippen LogP contribution in [-0.2, 0) is 0 Å². The highest BCUT2D eigenvalue weighted by molar-refractivity contribution is 5.90. The zero-order chi connectivity index (χ0) is 12.5. The second-order valence-corrected chi connectivity index (χ2v) is 3.61. The van der Waals surface area contributed by atoms with Crippen molar-refractivity contribution >= 4 is 16.6 Å². The van der Waals surface area contributed by atoms with Crippen molar-refractivity contribution in [1.82, 2.24) is 19.7 Å². The van der Waals surface area contributed by atoms with Crippen molar-refractivity contribution in [2.75, 3.05) is 0 Å². The van der Waals surface area contributed by atoms with E-state index in [1.54, 1.807) is 18.2 Å². The van der Waals surface area contributed by atoms with Gasteiger partial charge in [-0.25, -0.2) is 14.6 Å². The SMILES string of the molecule is O=[N+]([O-])c1cnc2ccccc2c1-n1cncn1. The second kappa shape index (κ2) is 3.88. The van der Waals surface area contributed by atoms with E-state index in [4.69, 9.17) is 0 Å². The molecule has 0 amide bonds.